The van der Waals surface area contributed by atoms with Crippen LogP contribution in [0.5, 0.6) is 0 Å². The highest BCUT2D eigenvalue weighted by molar-refractivity contribution is 7.89. The summed E-state index contributed by atoms with van der Waals surface area (Å²) >= 11 is 1.55. The van der Waals surface area contributed by atoms with Crippen molar-refractivity contribution in [2.75, 3.05) is 26.2 Å². The largest absolute Gasteiger partial charge is 0.340 e. The summed E-state index contributed by atoms with van der Waals surface area (Å²) in [6.07, 6.45) is 0.350. The molecule has 1 saturated heterocycles. The highest BCUT2D eigenvalue weighted by Gasteiger charge is 2.30. The van der Waals surface area contributed by atoms with Crippen molar-refractivity contribution in [1.82, 2.24) is 9.21 Å². The smallest absolute Gasteiger partial charge is 0.243 e. The molecule has 6 nitrogen and oxygen atoms in total. The van der Waals surface area contributed by atoms with Crippen molar-refractivity contribution in [3.05, 3.63) is 52.2 Å². The molecule has 8 heteroatoms. The maximum Gasteiger partial charge on any atom is 0.243 e. The highest BCUT2D eigenvalue weighted by Crippen LogP contribution is 2.19. The zero-order valence-corrected chi connectivity index (χ0v) is 16.1. The Morgan fingerprint density at radius 2 is 1.69 bits per heavy atom. The van der Waals surface area contributed by atoms with Crippen LogP contribution in [-0.2, 0) is 21.2 Å². The van der Waals surface area contributed by atoms with Gasteiger partial charge in [0.05, 0.1) is 11.3 Å². The van der Waals surface area contributed by atoms with Gasteiger partial charge in [0.25, 0.3) is 0 Å². The number of amides is 1. The van der Waals surface area contributed by atoms with Crippen molar-refractivity contribution in [3.63, 3.8) is 0 Å². The summed E-state index contributed by atoms with van der Waals surface area (Å²) in [7, 11) is -3.62. The van der Waals surface area contributed by atoms with Gasteiger partial charge < -0.3 is 4.90 Å². The number of nitrogens with zero attached hydrogens (tertiary/aromatic N) is 2. The molecule has 1 aliphatic heterocycles. The summed E-state index contributed by atoms with van der Waals surface area (Å²) in [5.41, 5.74) is 1.47. The van der Waals surface area contributed by atoms with Crippen molar-refractivity contribution >= 4 is 33.1 Å². The summed E-state index contributed by atoms with van der Waals surface area (Å²) in [5, 5.41) is 3.88. The van der Waals surface area contributed by atoms with Gasteiger partial charge in [0.15, 0.2) is 5.78 Å². The minimum atomic E-state index is -3.62. The standard InChI is InChI=1S/C18H20N2O4S2/c1-14(21)16-2-4-17(5-3-16)26(23,24)20-9-7-19(8-10-20)18(22)12-15-6-11-25-13-15/h2-6,11,13H,7-10,12H2,1H3. The van der Waals surface area contributed by atoms with Crippen LogP contribution in [0.25, 0.3) is 0 Å². The quantitative estimate of drug-likeness (QED) is 0.730. The number of hydrogen-bond donors (Lipinski definition) is 0. The summed E-state index contributed by atoms with van der Waals surface area (Å²) in [6.45, 7) is 2.75. The Bertz CT molecular complexity index is 882. The predicted octanol–water partition coefficient (Wildman–Crippen LogP) is 2.03. The van der Waals surface area contributed by atoms with Crippen molar-refractivity contribution in [2.45, 2.75) is 18.2 Å². The summed E-state index contributed by atoms with van der Waals surface area (Å²) in [4.78, 5) is 25.5. The van der Waals surface area contributed by atoms with Gasteiger partial charge in [-0.05, 0) is 41.4 Å². The van der Waals surface area contributed by atoms with E-state index in [9.17, 15) is 18.0 Å². The van der Waals surface area contributed by atoms with Crippen molar-refractivity contribution in [3.8, 4) is 0 Å². The monoisotopic (exact) mass is 392 g/mol. The summed E-state index contributed by atoms with van der Waals surface area (Å²) < 4.78 is 26.9. The minimum Gasteiger partial charge on any atom is -0.340 e. The van der Waals surface area contributed by atoms with Crippen molar-refractivity contribution in [1.29, 1.82) is 0 Å². The molecule has 1 aromatic heterocycles. The van der Waals surface area contributed by atoms with Crippen LogP contribution in [0.1, 0.15) is 22.8 Å². The molecule has 0 N–H and O–H groups in total. The molecule has 0 bridgehead atoms. The first-order valence-corrected chi connectivity index (χ1v) is 10.7. The summed E-state index contributed by atoms with van der Waals surface area (Å²) in [6, 6.07) is 7.89. The Morgan fingerprint density at radius 1 is 1.04 bits per heavy atom. The van der Waals surface area contributed by atoms with Crippen molar-refractivity contribution < 1.29 is 18.0 Å². The molecule has 0 spiro atoms. The fourth-order valence-corrected chi connectivity index (χ4v) is 4.96. The number of hydrogen-bond acceptors (Lipinski definition) is 5. The maximum absolute atomic E-state index is 12.7. The van der Waals surface area contributed by atoms with E-state index in [0.717, 1.165) is 5.56 Å². The highest BCUT2D eigenvalue weighted by atomic mass is 32.2. The van der Waals surface area contributed by atoms with Crippen LogP contribution in [0.2, 0.25) is 0 Å². The average Bonchev–Trinajstić information content (AvgIpc) is 3.15. The fraction of sp³-hybridized carbons (Fsp3) is 0.333. The van der Waals surface area contributed by atoms with E-state index in [4.69, 9.17) is 0 Å². The Morgan fingerprint density at radius 3 is 2.23 bits per heavy atom. The number of carbonyl (C=O) groups is 2. The number of Topliss-reactive ketones (excluding diaryl/α,β-unsaturated/α-hetero) is 1. The molecule has 0 radical (unpaired) electrons. The molecule has 0 aliphatic carbocycles. The number of sulfonamides is 1. The molecule has 1 aromatic carbocycles. The first-order valence-electron chi connectivity index (χ1n) is 8.28. The first kappa shape index (κ1) is 18.8. The number of rotatable bonds is 5. The molecular formula is C18H20N2O4S2. The molecule has 3 rings (SSSR count). The van der Waals surface area contributed by atoms with Crippen LogP contribution in [0, 0.1) is 0 Å². The van der Waals surface area contributed by atoms with Crippen LogP contribution >= 0.6 is 11.3 Å². The van der Waals surface area contributed by atoms with Gasteiger partial charge in [0.1, 0.15) is 0 Å². The Balaban J connectivity index is 1.63. The molecule has 0 unspecified atom stereocenters. The van der Waals surface area contributed by atoms with E-state index in [1.165, 1.54) is 35.5 Å². The second-order valence-corrected chi connectivity index (χ2v) is 8.89. The molecular weight excluding hydrogens is 372 g/mol. The van der Waals surface area contributed by atoms with E-state index in [2.05, 4.69) is 0 Å². The van der Waals surface area contributed by atoms with E-state index in [1.807, 2.05) is 16.8 Å². The normalized spacial score (nSPS) is 15.8. The van der Waals surface area contributed by atoms with Gasteiger partial charge in [-0.2, -0.15) is 15.6 Å². The van der Waals surface area contributed by atoms with Gasteiger partial charge in [-0.1, -0.05) is 12.1 Å². The number of thiophene rings is 1. The molecule has 1 amide bonds. The number of piperazine rings is 1. The molecule has 26 heavy (non-hydrogen) atoms. The molecule has 2 heterocycles. The Labute approximate surface area is 157 Å². The lowest BCUT2D eigenvalue weighted by Gasteiger charge is -2.34. The fourth-order valence-electron chi connectivity index (χ4n) is 2.87. The Hall–Kier alpha value is -2.03. The summed E-state index contributed by atoms with van der Waals surface area (Å²) in [5.74, 6) is -0.0852. The molecule has 0 saturated carbocycles. The van der Waals surface area contributed by atoms with E-state index < -0.39 is 10.0 Å². The zero-order chi connectivity index (χ0) is 18.7. The lowest BCUT2D eigenvalue weighted by atomic mass is 10.2. The number of ketones is 1. The van der Waals surface area contributed by atoms with Gasteiger partial charge in [0.2, 0.25) is 15.9 Å². The van der Waals surface area contributed by atoms with Gasteiger partial charge >= 0.3 is 0 Å². The molecule has 0 atom stereocenters. The van der Waals surface area contributed by atoms with Crippen LogP contribution in [0.3, 0.4) is 0 Å². The zero-order valence-electron chi connectivity index (χ0n) is 14.4. The third kappa shape index (κ3) is 4.03. The van der Waals surface area contributed by atoms with E-state index in [0.29, 0.717) is 25.1 Å². The SMILES string of the molecule is CC(=O)c1ccc(S(=O)(=O)N2CCN(C(=O)Cc3ccsc3)CC2)cc1. The van der Waals surface area contributed by atoms with E-state index >= 15 is 0 Å². The van der Waals surface area contributed by atoms with Gasteiger partial charge in [-0.25, -0.2) is 8.42 Å². The number of carbonyl (C=O) groups excluding carboxylic acids is 2. The molecule has 2 aromatic rings. The number of benzene rings is 1. The van der Waals surface area contributed by atoms with Crippen molar-refractivity contribution in [2.24, 2.45) is 0 Å². The van der Waals surface area contributed by atoms with Gasteiger partial charge in [-0.15, -0.1) is 0 Å². The second kappa shape index (κ2) is 7.69. The predicted molar refractivity (Wildman–Crippen MR) is 99.8 cm³/mol. The Kier molecular flexibility index (Phi) is 5.55. The molecule has 138 valence electrons. The topological polar surface area (TPSA) is 74.8 Å². The van der Waals surface area contributed by atoms with Crippen LogP contribution in [0.15, 0.2) is 46.0 Å². The lowest BCUT2D eigenvalue weighted by molar-refractivity contribution is -0.131. The average molecular weight is 393 g/mol. The second-order valence-electron chi connectivity index (χ2n) is 6.17. The molecule has 1 aliphatic rings. The van der Waals surface area contributed by atoms with Gasteiger partial charge in [-0.3, -0.25) is 9.59 Å². The third-order valence-corrected chi connectivity index (χ3v) is 7.07. The van der Waals surface area contributed by atoms with Gasteiger partial charge in [0, 0.05) is 31.7 Å². The molecule has 1 fully saturated rings. The van der Waals surface area contributed by atoms with E-state index in [-0.39, 0.29) is 29.7 Å². The first-order chi connectivity index (χ1) is 12.4. The minimum absolute atomic E-state index is 0.0197. The lowest BCUT2D eigenvalue weighted by Crippen LogP contribution is -2.50. The third-order valence-electron chi connectivity index (χ3n) is 4.43. The van der Waals surface area contributed by atoms with Crippen LogP contribution < -0.4 is 0 Å². The van der Waals surface area contributed by atoms with Crippen LogP contribution in [0.4, 0.5) is 0 Å². The van der Waals surface area contributed by atoms with Crippen LogP contribution in [-0.4, -0.2) is 55.5 Å². The van der Waals surface area contributed by atoms with E-state index in [1.54, 1.807) is 16.2 Å². The maximum atomic E-state index is 12.7.